The monoisotopic (exact) mass is 162 g/mol. The van der Waals surface area contributed by atoms with Gasteiger partial charge in [0.15, 0.2) is 0 Å². The molecule has 3 nitrogen and oxygen atoms in total. The average molecular weight is 162 g/mol. The predicted molar refractivity (Wildman–Crippen MR) is 45.5 cm³/mol. The van der Waals surface area contributed by atoms with Crippen LogP contribution in [0.1, 0.15) is 11.6 Å². The lowest BCUT2D eigenvalue weighted by Crippen LogP contribution is -2.13. The first-order chi connectivity index (χ1) is 5.77. The molecule has 12 heavy (non-hydrogen) atoms. The fourth-order valence-electron chi connectivity index (χ4n) is 1.01. The summed E-state index contributed by atoms with van der Waals surface area (Å²) in [7, 11) is 1.71. The van der Waals surface area contributed by atoms with Gasteiger partial charge < -0.3 is 10.4 Å². The Bertz CT molecular complexity index is 304. The van der Waals surface area contributed by atoms with Crippen molar-refractivity contribution in [3.05, 3.63) is 29.8 Å². The smallest absolute Gasteiger partial charge is 0.121 e. The van der Waals surface area contributed by atoms with Gasteiger partial charge in [0, 0.05) is 0 Å². The number of benzene rings is 1. The summed E-state index contributed by atoms with van der Waals surface area (Å²) < 4.78 is 0. The van der Waals surface area contributed by atoms with Crippen LogP contribution in [-0.4, -0.2) is 12.2 Å². The van der Waals surface area contributed by atoms with Crippen molar-refractivity contribution >= 4 is 0 Å². The molecule has 0 fully saturated rings. The number of nitriles is 1. The van der Waals surface area contributed by atoms with Crippen molar-refractivity contribution in [2.75, 3.05) is 7.05 Å². The molecule has 0 aromatic heterocycles. The molecule has 0 aliphatic rings. The van der Waals surface area contributed by atoms with Crippen molar-refractivity contribution in [2.45, 2.75) is 6.04 Å². The van der Waals surface area contributed by atoms with Gasteiger partial charge in [0.1, 0.15) is 11.8 Å². The molecule has 1 unspecified atom stereocenters. The van der Waals surface area contributed by atoms with Crippen LogP contribution in [-0.2, 0) is 0 Å². The molecule has 0 saturated heterocycles. The van der Waals surface area contributed by atoms with Crippen LogP contribution in [0.4, 0.5) is 0 Å². The van der Waals surface area contributed by atoms with Crippen molar-refractivity contribution in [2.24, 2.45) is 0 Å². The van der Waals surface area contributed by atoms with E-state index in [9.17, 15) is 0 Å². The molecular formula is C9H10N2O. The lowest BCUT2D eigenvalue weighted by molar-refractivity contribution is 0.474. The van der Waals surface area contributed by atoms with Crippen molar-refractivity contribution in [3.8, 4) is 11.8 Å². The van der Waals surface area contributed by atoms with Gasteiger partial charge >= 0.3 is 0 Å². The fourth-order valence-corrected chi connectivity index (χ4v) is 1.01. The minimum absolute atomic E-state index is 0.183. The molecule has 3 heteroatoms. The molecule has 62 valence electrons. The first-order valence-electron chi connectivity index (χ1n) is 3.63. The fraction of sp³-hybridized carbons (Fsp3) is 0.222. The second-order valence-corrected chi connectivity index (χ2v) is 2.45. The van der Waals surface area contributed by atoms with E-state index in [0.717, 1.165) is 5.56 Å². The van der Waals surface area contributed by atoms with Gasteiger partial charge in [-0.25, -0.2) is 0 Å². The summed E-state index contributed by atoms with van der Waals surface area (Å²) in [4.78, 5) is 0. The number of aromatic hydroxyl groups is 1. The van der Waals surface area contributed by atoms with E-state index in [0.29, 0.717) is 0 Å². The van der Waals surface area contributed by atoms with E-state index in [1.54, 1.807) is 31.3 Å². The quantitative estimate of drug-likeness (QED) is 0.686. The summed E-state index contributed by atoms with van der Waals surface area (Å²) in [6.07, 6.45) is 0. The van der Waals surface area contributed by atoms with E-state index in [1.807, 2.05) is 0 Å². The zero-order valence-electron chi connectivity index (χ0n) is 6.78. The molecule has 1 aromatic rings. The van der Waals surface area contributed by atoms with Crippen molar-refractivity contribution < 1.29 is 5.11 Å². The lowest BCUT2D eigenvalue weighted by atomic mass is 10.1. The van der Waals surface area contributed by atoms with Crippen LogP contribution in [0, 0.1) is 11.3 Å². The van der Waals surface area contributed by atoms with E-state index < -0.39 is 0 Å². The molecule has 0 spiro atoms. The first kappa shape index (κ1) is 8.57. The molecule has 1 atom stereocenters. The molecule has 0 amide bonds. The Balaban J connectivity index is 2.95. The second kappa shape index (κ2) is 3.74. The Morgan fingerprint density at radius 3 is 2.83 bits per heavy atom. The maximum Gasteiger partial charge on any atom is 0.121 e. The Labute approximate surface area is 71.3 Å². The van der Waals surface area contributed by atoms with Crippen LogP contribution in [0.15, 0.2) is 24.3 Å². The molecular weight excluding hydrogens is 152 g/mol. The largest absolute Gasteiger partial charge is 0.508 e. The molecule has 2 N–H and O–H groups in total. The van der Waals surface area contributed by atoms with Gasteiger partial charge in [0.2, 0.25) is 0 Å². The van der Waals surface area contributed by atoms with Crippen molar-refractivity contribution in [1.82, 2.24) is 5.32 Å². The Morgan fingerprint density at radius 1 is 1.58 bits per heavy atom. The summed E-state index contributed by atoms with van der Waals surface area (Å²) in [5.41, 5.74) is 0.778. The average Bonchev–Trinajstić information content (AvgIpc) is 2.07. The highest BCUT2D eigenvalue weighted by Gasteiger charge is 2.06. The number of phenols is 1. The number of hydrogen-bond acceptors (Lipinski definition) is 3. The van der Waals surface area contributed by atoms with E-state index in [-0.39, 0.29) is 11.8 Å². The van der Waals surface area contributed by atoms with Crippen LogP contribution < -0.4 is 5.32 Å². The van der Waals surface area contributed by atoms with Crippen LogP contribution in [0.5, 0.6) is 5.75 Å². The normalized spacial score (nSPS) is 12.0. The summed E-state index contributed by atoms with van der Waals surface area (Å²) in [6, 6.07) is 8.38. The molecule has 0 saturated carbocycles. The van der Waals surface area contributed by atoms with Gasteiger partial charge in [-0.15, -0.1) is 0 Å². The number of rotatable bonds is 2. The zero-order valence-corrected chi connectivity index (χ0v) is 6.78. The highest BCUT2D eigenvalue weighted by atomic mass is 16.3. The molecule has 0 heterocycles. The number of nitrogens with one attached hydrogen (secondary N) is 1. The molecule has 1 rings (SSSR count). The molecule has 1 aromatic carbocycles. The topological polar surface area (TPSA) is 56.0 Å². The second-order valence-electron chi connectivity index (χ2n) is 2.45. The van der Waals surface area contributed by atoms with Crippen LogP contribution in [0.2, 0.25) is 0 Å². The summed E-state index contributed by atoms with van der Waals surface area (Å²) >= 11 is 0. The summed E-state index contributed by atoms with van der Waals surface area (Å²) in [5, 5.41) is 20.6. The third kappa shape index (κ3) is 1.74. The maximum atomic E-state index is 9.12. The zero-order chi connectivity index (χ0) is 8.97. The lowest BCUT2D eigenvalue weighted by Gasteiger charge is -2.07. The van der Waals surface area contributed by atoms with Crippen molar-refractivity contribution in [3.63, 3.8) is 0 Å². The molecule has 0 aliphatic carbocycles. The summed E-state index contributed by atoms with van der Waals surface area (Å²) in [6.45, 7) is 0. The van der Waals surface area contributed by atoms with E-state index in [2.05, 4.69) is 11.4 Å². The van der Waals surface area contributed by atoms with Crippen molar-refractivity contribution in [1.29, 1.82) is 5.26 Å². The number of phenolic OH excluding ortho intramolecular Hbond substituents is 1. The maximum absolute atomic E-state index is 9.12. The van der Waals surface area contributed by atoms with Crippen LogP contribution in [0.25, 0.3) is 0 Å². The first-order valence-corrected chi connectivity index (χ1v) is 3.63. The van der Waals surface area contributed by atoms with Gasteiger partial charge in [-0.05, 0) is 24.7 Å². The Hall–Kier alpha value is -1.53. The SMILES string of the molecule is CNC(C#N)c1cccc(O)c1. The highest BCUT2D eigenvalue weighted by molar-refractivity contribution is 5.31. The predicted octanol–water partition coefficient (Wildman–Crippen LogP) is 1.18. The number of hydrogen-bond donors (Lipinski definition) is 2. The molecule has 0 bridgehead atoms. The minimum atomic E-state index is -0.350. The minimum Gasteiger partial charge on any atom is -0.508 e. The van der Waals surface area contributed by atoms with Crippen LogP contribution >= 0.6 is 0 Å². The summed E-state index contributed by atoms with van der Waals surface area (Å²) in [5.74, 6) is 0.183. The Morgan fingerprint density at radius 2 is 2.33 bits per heavy atom. The third-order valence-electron chi connectivity index (χ3n) is 1.62. The van der Waals surface area contributed by atoms with E-state index in [4.69, 9.17) is 10.4 Å². The molecule has 0 radical (unpaired) electrons. The Kier molecular flexibility index (Phi) is 2.67. The van der Waals surface area contributed by atoms with Gasteiger partial charge in [0.05, 0.1) is 6.07 Å². The number of nitrogens with zero attached hydrogens (tertiary/aromatic N) is 1. The molecule has 0 aliphatic heterocycles. The van der Waals surface area contributed by atoms with E-state index in [1.165, 1.54) is 0 Å². The van der Waals surface area contributed by atoms with Crippen LogP contribution in [0.3, 0.4) is 0 Å². The van der Waals surface area contributed by atoms with Gasteiger partial charge in [-0.1, -0.05) is 12.1 Å². The highest BCUT2D eigenvalue weighted by Crippen LogP contribution is 2.16. The van der Waals surface area contributed by atoms with Gasteiger partial charge in [-0.2, -0.15) is 5.26 Å². The standard InChI is InChI=1S/C9H10N2O/c1-11-9(6-10)7-3-2-4-8(12)5-7/h2-5,9,11-12H,1H3. The van der Waals surface area contributed by atoms with Gasteiger partial charge in [-0.3, -0.25) is 0 Å². The van der Waals surface area contributed by atoms with Gasteiger partial charge in [0.25, 0.3) is 0 Å². The third-order valence-corrected chi connectivity index (χ3v) is 1.62. The van der Waals surface area contributed by atoms with E-state index >= 15 is 0 Å².